The maximum absolute atomic E-state index is 13.6. The number of carbonyl (C=O) groups excluding carboxylic acids is 3. The first-order valence-electron chi connectivity index (χ1n) is 15.9. The summed E-state index contributed by atoms with van der Waals surface area (Å²) in [5, 5.41) is 0. The Balaban J connectivity index is 1.32. The van der Waals surface area contributed by atoms with Gasteiger partial charge in [0.05, 0.1) is 45.1 Å². The van der Waals surface area contributed by atoms with Crippen LogP contribution >= 0.6 is 0 Å². The van der Waals surface area contributed by atoms with Crippen LogP contribution in [0, 0.1) is 0 Å². The maximum atomic E-state index is 13.6. The second-order valence-electron chi connectivity index (χ2n) is 11.4. The van der Waals surface area contributed by atoms with Crippen molar-refractivity contribution in [3.8, 4) is 23.0 Å². The van der Waals surface area contributed by atoms with Crippen molar-refractivity contribution in [2.75, 3.05) is 35.0 Å². The fourth-order valence-electron chi connectivity index (χ4n) is 5.56. The summed E-state index contributed by atoms with van der Waals surface area (Å²) in [6, 6.07) is 25.9. The topological polar surface area (TPSA) is 144 Å². The highest BCUT2D eigenvalue weighted by Crippen LogP contribution is 2.41. The van der Waals surface area contributed by atoms with Gasteiger partial charge in [0.15, 0.2) is 30.9 Å². The number of fused-ring (bicyclic) bond motifs is 1. The van der Waals surface area contributed by atoms with Gasteiger partial charge in [0, 0.05) is 5.56 Å². The van der Waals surface area contributed by atoms with Crippen molar-refractivity contribution in [2.24, 2.45) is 0 Å². The zero-order valence-corrected chi connectivity index (χ0v) is 28.2. The smallest absolute Gasteiger partial charge is 0.338 e. The van der Waals surface area contributed by atoms with Crippen molar-refractivity contribution < 1.29 is 61.8 Å². The van der Waals surface area contributed by atoms with Gasteiger partial charge in [-0.25, -0.2) is 14.4 Å². The van der Waals surface area contributed by atoms with E-state index in [4.69, 9.17) is 47.4 Å². The van der Waals surface area contributed by atoms with Gasteiger partial charge in [-0.05, 0) is 84.9 Å². The van der Waals surface area contributed by atoms with Gasteiger partial charge in [0.1, 0.15) is 35.7 Å². The van der Waals surface area contributed by atoms with Crippen LogP contribution in [-0.2, 0) is 28.4 Å². The number of carbonyl (C=O) groups is 3. The number of esters is 3. The van der Waals surface area contributed by atoms with E-state index in [1.165, 1.54) is 45.6 Å². The highest BCUT2D eigenvalue weighted by atomic mass is 16.8. The Morgan fingerprint density at radius 3 is 1.37 bits per heavy atom. The Labute approximate surface area is 293 Å². The molecule has 266 valence electrons. The van der Waals surface area contributed by atoms with Crippen LogP contribution in [0.1, 0.15) is 42.9 Å². The van der Waals surface area contributed by atoms with Crippen LogP contribution in [0.15, 0.2) is 97.1 Å². The first-order valence-corrected chi connectivity index (χ1v) is 15.9. The second kappa shape index (κ2) is 15.9. The van der Waals surface area contributed by atoms with Crippen molar-refractivity contribution in [3.63, 3.8) is 0 Å². The lowest BCUT2D eigenvalue weighted by Gasteiger charge is -2.41. The van der Waals surface area contributed by atoms with E-state index >= 15 is 0 Å². The summed E-state index contributed by atoms with van der Waals surface area (Å²) in [5.41, 5.74) is 1.26. The zero-order valence-electron chi connectivity index (χ0n) is 28.2. The van der Waals surface area contributed by atoms with Crippen molar-refractivity contribution in [1.82, 2.24) is 0 Å². The summed E-state index contributed by atoms with van der Waals surface area (Å²) in [4.78, 5) is 40.4. The Morgan fingerprint density at radius 1 is 0.510 bits per heavy atom. The Kier molecular flexibility index (Phi) is 11.0. The van der Waals surface area contributed by atoms with Gasteiger partial charge >= 0.3 is 17.9 Å². The molecular weight excluding hydrogens is 664 g/mol. The maximum Gasteiger partial charge on any atom is 0.338 e. The molecule has 2 aliphatic rings. The van der Waals surface area contributed by atoms with Crippen LogP contribution in [0.5, 0.6) is 23.0 Å². The quantitative estimate of drug-likeness (QED) is 0.142. The van der Waals surface area contributed by atoms with Gasteiger partial charge in [-0.1, -0.05) is 12.1 Å². The molecule has 0 aliphatic carbocycles. The monoisotopic (exact) mass is 700 g/mol. The van der Waals surface area contributed by atoms with E-state index in [1.54, 1.807) is 79.9 Å². The van der Waals surface area contributed by atoms with E-state index in [1.807, 2.05) is 0 Å². The minimum Gasteiger partial charge on any atom is -0.497 e. The molecule has 13 nitrogen and oxygen atoms in total. The lowest BCUT2D eigenvalue weighted by atomic mass is 9.98. The number of rotatable bonds is 12. The third-order valence-corrected chi connectivity index (χ3v) is 8.36. The molecule has 51 heavy (non-hydrogen) atoms. The molecule has 2 heterocycles. The third kappa shape index (κ3) is 8.07. The number of benzene rings is 4. The van der Waals surface area contributed by atoms with E-state index in [9.17, 15) is 14.4 Å². The van der Waals surface area contributed by atoms with Crippen LogP contribution in [0.4, 0.5) is 0 Å². The van der Waals surface area contributed by atoms with Gasteiger partial charge in [0.2, 0.25) is 0 Å². The molecule has 0 bridgehead atoms. The van der Waals surface area contributed by atoms with Crippen molar-refractivity contribution in [2.45, 2.75) is 37.0 Å². The van der Waals surface area contributed by atoms with Gasteiger partial charge in [-0.2, -0.15) is 0 Å². The number of ether oxygens (including phenoxy) is 10. The molecule has 2 fully saturated rings. The van der Waals surface area contributed by atoms with Crippen LogP contribution in [0.25, 0.3) is 0 Å². The second-order valence-corrected chi connectivity index (χ2v) is 11.4. The molecule has 0 N–H and O–H groups in total. The largest absolute Gasteiger partial charge is 0.497 e. The highest BCUT2D eigenvalue weighted by molar-refractivity contribution is 5.91. The molecule has 6 atom stereocenters. The Bertz CT molecular complexity index is 1790. The Morgan fingerprint density at radius 2 is 0.922 bits per heavy atom. The van der Waals surface area contributed by atoms with E-state index in [0.717, 1.165) is 0 Å². The minimum atomic E-state index is -1.33. The molecule has 6 rings (SSSR count). The summed E-state index contributed by atoms with van der Waals surface area (Å²) in [5.74, 6) is 0.0938. The molecule has 13 heteroatoms. The minimum absolute atomic E-state index is 0.187. The Hall–Kier alpha value is -5.63. The highest BCUT2D eigenvalue weighted by Gasteiger charge is 2.56. The van der Waals surface area contributed by atoms with Crippen LogP contribution < -0.4 is 18.9 Å². The SMILES string of the molecule is COc1ccc(C(=O)OC[C@H]2O[C@H]3O[C@@H](c4ccc(OC)cc4)O[C@H]3[C@@H](OC(=O)c3ccc(OC)cc3)[C@@H]2OC(=O)c2ccc(OC)cc2)cc1. The molecular formula is C38H36O13. The molecule has 0 aromatic heterocycles. The van der Waals surface area contributed by atoms with E-state index < -0.39 is 61.5 Å². The zero-order chi connectivity index (χ0) is 35.9. The lowest BCUT2D eigenvalue weighted by molar-refractivity contribution is -0.252. The first kappa shape index (κ1) is 35.2. The van der Waals surface area contributed by atoms with Gasteiger partial charge in [-0.3, -0.25) is 0 Å². The van der Waals surface area contributed by atoms with Gasteiger partial charge in [-0.15, -0.1) is 0 Å². The molecule has 0 unspecified atom stereocenters. The van der Waals surface area contributed by atoms with Crippen molar-refractivity contribution >= 4 is 17.9 Å². The molecule has 0 spiro atoms. The van der Waals surface area contributed by atoms with Crippen molar-refractivity contribution in [3.05, 3.63) is 119 Å². The standard InChI is InChI=1S/C38H36O13/c1-42-26-13-5-22(6-14-26)34(39)46-21-30-31(48-35(40)23-7-15-27(43-2)16-8-23)32(49-36(41)24-9-17-28(44-3)18-10-24)33-38(47-30)51-37(50-33)25-11-19-29(45-4)20-12-25/h5-20,30-33,37-38H,21H2,1-4H3/t30-,31-,32+,33+,37+,38+/m1/s1. The molecule has 0 radical (unpaired) electrons. The van der Waals surface area contributed by atoms with E-state index in [-0.39, 0.29) is 16.7 Å². The summed E-state index contributed by atoms with van der Waals surface area (Å²) < 4.78 is 57.4. The lowest BCUT2D eigenvalue weighted by Crippen LogP contribution is -2.60. The summed E-state index contributed by atoms with van der Waals surface area (Å²) in [7, 11) is 6.08. The van der Waals surface area contributed by atoms with Gasteiger partial charge < -0.3 is 47.4 Å². The van der Waals surface area contributed by atoms with E-state index in [2.05, 4.69) is 0 Å². The fraction of sp³-hybridized carbons (Fsp3) is 0.289. The predicted molar refractivity (Wildman–Crippen MR) is 178 cm³/mol. The normalized spacial score (nSPS) is 22.2. The van der Waals surface area contributed by atoms with Crippen LogP contribution in [0.2, 0.25) is 0 Å². The third-order valence-electron chi connectivity index (χ3n) is 8.36. The molecule has 0 amide bonds. The van der Waals surface area contributed by atoms with Gasteiger partial charge in [0.25, 0.3) is 0 Å². The van der Waals surface area contributed by atoms with Crippen LogP contribution in [-0.4, -0.2) is 83.7 Å². The average molecular weight is 701 g/mol. The molecule has 2 aliphatic heterocycles. The molecule has 0 saturated carbocycles. The number of hydrogen-bond donors (Lipinski definition) is 0. The summed E-state index contributed by atoms with van der Waals surface area (Å²) in [6.45, 7) is -0.401. The number of hydrogen-bond acceptors (Lipinski definition) is 13. The average Bonchev–Trinajstić information content (AvgIpc) is 3.62. The fourth-order valence-corrected chi connectivity index (χ4v) is 5.56. The molecule has 4 aromatic carbocycles. The van der Waals surface area contributed by atoms with E-state index in [0.29, 0.717) is 28.6 Å². The number of methoxy groups -OCH3 is 4. The summed E-state index contributed by atoms with van der Waals surface area (Å²) in [6.07, 6.45) is -6.92. The van der Waals surface area contributed by atoms with Crippen LogP contribution in [0.3, 0.4) is 0 Å². The molecule has 4 aromatic rings. The summed E-state index contributed by atoms with van der Waals surface area (Å²) >= 11 is 0. The predicted octanol–water partition coefficient (Wildman–Crippen LogP) is 5.17. The first-order chi connectivity index (χ1) is 24.8. The molecule has 2 saturated heterocycles. The van der Waals surface area contributed by atoms with Crippen molar-refractivity contribution in [1.29, 1.82) is 0 Å².